The molecule has 3 rings (SSSR count). The Hall–Kier alpha value is -2.81. The minimum Gasteiger partial charge on any atom is -0.368 e. The van der Waals surface area contributed by atoms with Crippen LogP contribution in [0.2, 0.25) is 5.02 Å². The topological polar surface area (TPSA) is 89.3 Å². The molecule has 156 valence electrons. The highest BCUT2D eigenvalue weighted by atomic mass is 35.5. The zero-order chi connectivity index (χ0) is 21.9. The van der Waals surface area contributed by atoms with Gasteiger partial charge in [0.2, 0.25) is 15.7 Å². The Morgan fingerprint density at radius 2 is 1.57 bits per heavy atom. The highest BCUT2D eigenvalue weighted by Crippen LogP contribution is 2.29. The number of nitrogens with one attached hydrogen (secondary N) is 1. The number of hydrogen-bond donors (Lipinski definition) is 2. The second-order valence-corrected chi connectivity index (χ2v) is 8.75. The van der Waals surface area contributed by atoms with E-state index in [1.165, 1.54) is 18.2 Å². The van der Waals surface area contributed by atoms with Gasteiger partial charge in [-0.1, -0.05) is 54.1 Å². The summed E-state index contributed by atoms with van der Waals surface area (Å²) in [5, 5.41) is 2.65. The van der Waals surface area contributed by atoms with E-state index in [4.69, 9.17) is 17.3 Å². The van der Waals surface area contributed by atoms with Crippen LogP contribution < -0.4 is 11.1 Å². The lowest BCUT2D eigenvalue weighted by atomic mass is 10.1. The average Bonchev–Trinajstić information content (AvgIpc) is 2.70. The van der Waals surface area contributed by atoms with Gasteiger partial charge in [0.1, 0.15) is 17.7 Å². The summed E-state index contributed by atoms with van der Waals surface area (Å²) in [6.07, 6.45) is 0. The molecule has 0 aliphatic rings. The largest absolute Gasteiger partial charge is 0.368 e. The van der Waals surface area contributed by atoms with Crippen molar-refractivity contribution in [3.05, 3.63) is 94.5 Å². The van der Waals surface area contributed by atoms with Crippen molar-refractivity contribution in [2.24, 2.45) is 5.73 Å². The standard InChI is InChI=1S/C21H17ClF2N2O3S/c22-16-8-4-5-9-19(16)30(28,29)14-10-17(23)15(18(24)11-14)12-26-20(21(25)27)13-6-2-1-3-7-13/h1-11,20,26H,12H2,(H2,25,27)/t20-/m1/s1. The number of carbonyl (C=O) groups is 1. The van der Waals surface area contributed by atoms with E-state index in [0.717, 1.165) is 12.1 Å². The van der Waals surface area contributed by atoms with Gasteiger partial charge in [0.15, 0.2) is 0 Å². The van der Waals surface area contributed by atoms with E-state index >= 15 is 0 Å². The molecule has 0 heterocycles. The van der Waals surface area contributed by atoms with Gasteiger partial charge in [-0.2, -0.15) is 0 Å². The van der Waals surface area contributed by atoms with Crippen molar-refractivity contribution in [1.82, 2.24) is 5.32 Å². The predicted molar refractivity (Wildman–Crippen MR) is 108 cm³/mol. The minimum atomic E-state index is -4.23. The van der Waals surface area contributed by atoms with Gasteiger partial charge in [0, 0.05) is 12.1 Å². The molecule has 9 heteroatoms. The van der Waals surface area contributed by atoms with Gasteiger partial charge >= 0.3 is 0 Å². The van der Waals surface area contributed by atoms with Crippen molar-refractivity contribution in [2.45, 2.75) is 22.4 Å². The van der Waals surface area contributed by atoms with Crippen molar-refractivity contribution in [1.29, 1.82) is 0 Å². The number of rotatable bonds is 7. The maximum atomic E-state index is 14.6. The summed E-state index contributed by atoms with van der Waals surface area (Å²) in [4.78, 5) is 10.9. The van der Waals surface area contributed by atoms with Crippen LogP contribution in [0.3, 0.4) is 0 Å². The van der Waals surface area contributed by atoms with Gasteiger partial charge in [0.25, 0.3) is 0 Å². The van der Waals surface area contributed by atoms with Crippen molar-refractivity contribution in [3.63, 3.8) is 0 Å². The van der Waals surface area contributed by atoms with E-state index in [0.29, 0.717) is 5.56 Å². The Morgan fingerprint density at radius 1 is 1.00 bits per heavy atom. The highest BCUT2D eigenvalue weighted by Gasteiger charge is 2.25. The smallest absolute Gasteiger partial charge is 0.239 e. The third-order valence-corrected chi connectivity index (χ3v) is 6.68. The van der Waals surface area contributed by atoms with Gasteiger partial charge in [0.05, 0.1) is 14.8 Å². The Labute approximate surface area is 177 Å². The maximum absolute atomic E-state index is 14.6. The molecule has 0 saturated heterocycles. The number of benzene rings is 3. The van der Waals surface area contributed by atoms with E-state index in [2.05, 4.69) is 5.32 Å². The highest BCUT2D eigenvalue weighted by molar-refractivity contribution is 7.91. The fraction of sp³-hybridized carbons (Fsp3) is 0.0952. The summed E-state index contributed by atoms with van der Waals surface area (Å²) in [5.74, 6) is -2.88. The summed E-state index contributed by atoms with van der Waals surface area (Å²) >= 11 is 5.92. The summed E-state index contributed by atoms with van der Waals surface area (Å²) in [7, 11) is -4.23. The van der Waals surface area contributed by atoms with Crippen molar-refractivity contribution in [2.75, 3.05) is 0 Å². The molecule has 0 aliphatic carbocycles. The number of sulfone groups is 1. The zero-order valence-electron chi connectivity index (χ0n) is 15.5. The van der Waals surface area contributed by atoms with Crippen LogP contribution in [-0.4, -0.2) is 14.3 Å². The van der Waals surface area contributed by atoms with Crippen LogP contribution in [-0.2, 0) is 21.2 Å². The third kappa shape index (κ3) is 4.51. The van der Waals surface area contributed by atoms with E-state index in [-0.39, 0.29) is 16.5 Å². The molecule has 0 spiro atoms. The number of carbonyl (C=O) groups excluding carboxylic acids is 1. The molecule has 0 radical (unpaired) electrons. The molecule has 0 bridgehead atoms. The fourth-order valence-electron chi connectivity index (χ4n) is 2.93. The van der Waals surface area contributed by atoms with Crippen LogP contribution in [0, 0.1) is 11.6 Å². The number of primary amides is 1. The van der Waals surface area contributed by atoms with E-state index in [1.807, 2.05) is 0 Å². The molecule has 0 fully saturated rings. The lowest BCUT2D eigenvalue weighted by Gasteiger charge is -2.17. The SMILES string of the molecule is NC(=O)[C@H](NCc1c(F)cc(S(=O)(=O)c2ccccc2Cl)cc1F)c1ccccc1. The van der Waals surface area contributed by atoms with E-state index < -0.39 is 43.9 Å². The summed E-state index contributed by atoms with van der Waals surface area (Å²) in [6.45, 7) is -0.382. The van der Waals surface area contributed by atoms with Crippen LogP contribution >= 0.6 is 11.6 Å². The Morgan fingerprint density at radius 3 is 2.13 bits per heavy atom. The quantitative estimate of drug-likeness (QED) is 0.573. The zero-order valence-corrected chi connectivity index (χ0v) is 17.1. The number of hydrogen-bond acceptors (Lipinski definition) is 4. The lowest BCUT2D eigenvalue weighted by molar-refractivity contribution is -0.120. The Kier molecular flexibility index (Phi) is 6.50. The normalized spacial score (nSPS) is 12.5. The molecule has 1 amide bonds. The molecule has 0 aromatic heterocycles. The first-order valence-electron chi connectivity index (χ1n) is 8.77. The van der Waals surface area contributed by atoms with Gasteiger partial charge in [-0.15, -0.1) is 0 Å². The van der Waals surface area contributed by atoms with Gasteiger partial charge in [-0.25, -0.2) is 17.2 Å². The molecule has 30 heavy (non-hydrogen) atoms. The van der Waals surface area contributed by atoms with Crippen LogP contribution in [0.4, 0.5) is 8.78 Å². The fourth-order valence-corrected chi connectivity index (χ4v) is 4.72. The first kappa shape index (κ1) is 21.9. The van der Waals surface area contributed by atoms with Crippen LogP contribution in [0.25, 0.3) is 0 Å². The van der Waals surface area contributed by atoms with Crippen LogP contribution in [0.1, 0.15) is 17.2 Å². The second-order valence-electron chi connectivity index (χ2n) is 6.43. The number of amides is 1. The van der Waals surface area contributed by atoms with Crippen LogP contribution in [0.15, 0.2) is 76.5 Å². The summed E-state index contributed by atoms with van der Waals surface area (Å²) < 4.78 is 54.7. The first-order chi connectivity index (χ1) is 14.2. The molecule has 0 aliphatic heterocycles. The predicted octanol–water partition coefficient (Wildman–Crippen LogP) is 3.77. The molecular formula is C21H17ClF2N2O3S. The Balaban J connectivity index is 1.90. The maximum Gasteiger partial charge on any atom is 0.239 e. The van der Waals surface area contributed by atoms with Crippen molar-refractivity contribution >= 4 is 27.3 Å². The molecule has 3 aromatic rings. The number of nitrogens with two attached hydrogens (primary N) is 1. The van der Waals surface area contributed by atoms with Gasteiger partial charge in [-0.05, 0) is 29.8 Å². The number of halogens is 3. The van der Waals surface area contributed by atoms with Gasteiger partial charge < -0.3 is 5.73 Å². The monoisotopic (exact) mass is 450 g/mol. The molecule has 0 saturated carbocycles. The van der Waals surface area contributed by atoms with Crippen molar-refractivity contribution in [3.8, 4) is 0 Å². The Bertz CT molecular complexity index is 1160. The first-order valence-corrected chi connectivity index (χ1v) is 10.6. The molecule has 5 nitrogen and oxygen atoms in total. The van der Waals surface area contributed by atoms with Gasteiger partial charge in [-0.3, -0.25) is 10.1 Å². The summed E-state index contributed by atoms with van der Waals surface area (Å²) in [6, 6.07) is 14.5. The van der Waals surface area contributed by atoms with E-state index in [9.17, 15) is 22.0 Å². The summed E-state index contributed by atoms with van der Waals surface area (Å²) in [5.41, 5.74) is 5.50. The van der Waals surface area contributed by atoms with Crippen molar-refractivity contribution < 1.29 is 22.0 Å². The second kappa shape index (κ2) is 8.91. The molecule has 0 unspecified atom stereocenters. The van der Waals surface area contributed by atoms with Crippen LogP contribution in [0.5, 0.6) is 0 Å². The average molecular weight is 451 g/mol. The minimum absolute atomic E-state index is 0.0591. The third-order valence-electron chi connectivity index (χ3n) is 4.45. The molecule has 3 N–H and O–H groups in total. The molecule has 3 aromatic carbocycles. The molecular weight excluding hydrogens is 434 g/mol. The lowest BCUT2D eigenvalue weighted by Crippen LogP contribution is -2.33. The molecule has 1 atom stereocenters. The van der Waals surface area contributed by atoms with E-state index in [1.54, 1.807) is 36.4 Å².